The molecule has 0 aromatic rings. The lowest BCUT2D eigenvalue weighted by Gasteiger charge is -2.60. The lowest BCUT2D eigenvalue weighted by atomic mass is 9.46. The molecule has 22 heavy (non-hydrogen) atoms. The summed E-state index contributed by atoms with van der Waals surface area (Å²) in [4.78, 5) is 0.618. The Balaban J connectivity index is 1.71. The molecule has 3 saturated carbocycles. The number of rotatable bonds is 0. The minimum Gasteiger partial charge on any atom is -0.393 e. The van der Waals surface area contributed by atoms with Gasteiger partial charge in [0.1, 0.15) is 0 Å². The third kappa shape index (κ3) is 1.97. The van der Waals surface area contributed by atoms with Crippen LogP contribution in [-0.2, 0) is 0 Å². The molecule has 0 aromatic heterocycles. The van der Waals surface area contributed by atoms with Crippen LogP contribution < -0.4 is 0 Å². The number of fused-ring (bicyclic) bond motifs is 5. The van der Waals surface area contributed by atoms with E-state index in [9.17, 15) is 10.2 Å². The molecule has 124 valence electrons. The van der Waals surface area contributed by atoms with Gasteiger partial charge in [-0.3, -0.25) is 0 Å². The molecule has 0 radical (unpaired) electrons. The van der Waals surface area contributed by atoms with Gasteiger partial charge in [0.2, 0.25) is 0 Å². The largest absolute Gasteiger partial charge is 0.393 e. The quantitative estimate of drug-likeness (QED) is 0.502. The predicted molar refractivity (Wildman–Crippen MR) is 91.7 cm³/mol. The molecule has 0 heterocycles. The zero-order chi connectivity index (χ0) is 15.7. The Labute approximate surface area is 142 Å². The summed E-state index contributed by atoms with van der Waals surface area (Å²) in [5, 5.41) is 21.0. The fraction of sp³-hybridized carbons (Fsp3) is 0.895. The molecule has 0 aromatic carbocycles. The van der Waals surface area contributed by atoms with E-state index in [1.165, 1.54) is 25.7 Å². The lowest BCUT2D eigenvalue weighted by molar-refractivity contribution is -0.136. The topological polar surface area (TPSA) is 40.5 Å². The molecule has 2 nitrogen and oxygen atoms in total. The van der Waals surface area contributed by atoms with Crippen LogP contribution in [0.1, 0.15) is 52.4 Å². The fourth-order valence-electron chi connectivity index (χ4n) is 6.70. The van der Waals surface area contributed by atoms with Crippen LogP contribution in [-0.4, -0.2) is 27.2 Å². The second-order valence-electron chi connectivity index (χ2n) is 8.91. The highest BCUT2D eigenvalue weighted by Gasteiger charge is 2.61. The maximum absolute atomic E-state index is 11.0. The molecule has 4 unspecified atom stereocenters. The molecule has 3 fully saturated rings. The Morgan fingerprint density at radius 1 is 1.05 bits per heavy atom. The van der Waals surface area contributed by atoms with Gasteiger partial charge >= 0.3 is 0 Å². The number of halogens is 1. The third-order valence-electron chi connectivity index (χ3n) is 8.07. The lowest BCUT2D eigenvalue weighted by Crippen LogP contribution is -2.57. The minimum absolute atomic E-state index is 0.175. The van der Waals surface area contributed by atoms with Crippen molar-refractivity contribution in [1.29, 1.82) is 0 Å². The second kappa shape index (κ2) is 5.07. The van der Waals surface area contributed by atoms with Gasteiger partial charge in [-0.25, -0.2) is 0 Å². The van der Waals surface area contributed by atoms with Gasteiger partial charge in [-0.1, -0.05) is 41.9 Å². The van der Waals surface area contributed by atoms with Gasteiger partial charge in [-0.2, -0.15) is 0 Å². The van der Waals surface area contributed by atoms with E-state index in [-0.39, 0.29) is 17.6 Å². The number of aliphatic hydroxyl groups is 2. The summed E-state index contributed by atoms with van der Waals surface area (Å²) in [7, 11) is 0. The first-order valence-corrected chi connectivity index (χ1v) is 9.97. The van der Waals surface area contributed by atoms with E-state index < -0.39 is 0 Å². The molecule has 0 spiro atoms. The summed E-state index contributed by atoms with van der Waals surface area (Å²) in [5.74, 6) is 2.13. The maximum Gasteiger partial charge on any atom is 0.0724 e. The average Bonchev–Trinajstić information content (AvgIpc) is 2.77. The molecular weight excluding hydrogens is 340 g/mol. The fourth-order valence-corrected chi connectivity index (χ4v) is 7.53. The van der Waals surface area contributed by atoms with Crippen molar-refractivity contribution in [3.8, 4) is 0 Å². The first-order valence-electron chi connectivity index (χ1n) is 9.06. The summed E-state index contributed by atoms with van der Waals surface area (Å²) in [6, 6.07) is 0. The summed E-state index contributed by atoms with van der Waals surface area (Å²) in [6.07, 6.45) is 10.6. The standard InChI is InChI=1S/C19H29BrO2/c1-18-7-5-12(21)9-11(18)10-15(22)17-13-3-4-16(20)19(13,2)8-6-14(17)18/h5,7,11-17,21-22H,3-4,6,8-10H2,1-2H3/t11?,12?,13-,14+,15?,16?,17-,18-,19-/m0/s1. The first-order chi connectivity index (χ1) is 10.4. The molecule has 0 aliphatic heterocycles. The molecule has 0 bridgehead atoms. The number of allylic oxidation sites excluding steroid dienone is 1. The van der Waals surface area contributed by atoms with Gasteiger partial charge in [-0.15, -0.1) is 0 Å². The van der Waals surface area contributed by atoms with Crippen LogP contribution in [0.3, 0.4) is 0 Å². The highest BCUT2D eigenvalue weighted by molar-refractivity contribution is 9.09. The molecule has 4 rings (SSSR count). The van der Waals surface area contributed by atoms with Crippen LogP contribution >= 0.6 is 15.9 Å². The molecular formula is C19H29BrO2. The van der Waals surface area contributed by atoms with Crippen molar-refractivity contribution >= 4 is 15.9 Å². The molecule has 0 saturated heterocycles. The zero-order valence-electron chi connectivity index (χ0n) is 13.7. The Kier molecular flexibility index (Phi) is 3.61. The first kappa shape index (κ1) is 15.7. The third-order valence-corrected chi connectivity index (χ3v) is 9.57. The smallest absolute Gasteiger partial charge is 0.0724 e. The van der Waals surface area contributed by atoms with E-state index >= 15 is 0 Å². The van der Waals surface area contributed by atoms with Crippen LogP contribution in [0.15, 0.2) is 12.2 Å². The highest BCUT2D eigenvalue weighted by Crippen LogP contribution is 2.66. The van der Waals surface area contributed by atoms with Gasteiger partial charge in [0.15, 0.2) is 0 Å². The summed E-state index contributed by atoms with van der Waals surface area (Å²) in [6.45, 7) is 4.84. The van der Waals surface area contributed by atoms with Crippen molar-refractivity contribution in [2.75, 3.05) is 0 Å². The molecule has 2 N–H and O–H groups in total. The Bertz CT molecular complexity index is 492. The van der Waals surface area contributed by atoms with Gasteiger partial charge in [0.05, 0.1) is 12.2 Å². The summed E-state index contributed by atoms with van der Waals surface area (Å²) >= 11 is 3.93. The van der Waals surface area contributed by atoms with Crippen LogP contribution in [0.25, 0.3) is 0 Å². The molecule has 0 amide bonds. The molecule has 4 aliphatic rings. The Hall–Kier alpha value is 0.140. The van der Waals surface area contributed by atoms with E-state index in [0.717, 1.165) is 12.8 Å². The van der Waals surface area contributed by atoms with Crippen LogP contribution in [0.2, 0.25) is 0 Å². The van der Waals surface area contributed by atoms with E-state index in [2.05, 4.69) is 35.9 Å². The molecule has 9 atom stereocenters. The van der Waals surface area contributed by atoms with E-state index in [1.54, 1.807) is 0 Å². The zero-order valence-corrected chi connectivity index (χ0v) is 15.3. The van der Waals surface area contributed by atoms with E-state index in [0.29, 0.717) is 33.9 Å². The number of hydrogen-bond acceptors (Lipinski definition) is 2. The van der Waals surface area contributed by atoms with Gasteiger partial charge in [-0.05, 0) is 73.0 Å². The Morgan fingerprint density at radius 3 is 2.59 bits per heavy atom. The van der Waals surface area contributed by atoms with Crippen molar-refractivity contribution in [1.82, 2.24) is 0 Å². The van der Waals surface area contributed by atoms with Crippen molar-refractivity contribution in [3.63, 3.8) is 0 Å². The SMILES string of the molecule is C[C@]12C=CC(O)CC1CC(O)[C@@H]1[C@H]2CC[C@]2(C)C(Br)CC[C@@H]12. The van der Waals surface area contributed by atoms with Gasteiger partial charge in [0.25, 0.3) is 0 Å². The predicted octanol–water partition coefficient (Wildman–Crippen LogP) is 3.90. The monoisotopic (exact) mass is 368 g/mol. The number of aliphatic hydroxyl groups excluding tert-OH is 2. The van der Waals surface area contributed by atoms with Crippen molar-refractivity contribution < 1.29 is 10.2 Å². The highest BCUT2D eigenvalue weighted by atomic mass is 79.9. The van der Waals surface area contributed by atoms with Crippen LogP contribution in [0, 0.1) is 34.5 Å². The van der Waals surface area contributed by atoms with Crippen molar-refractivity contribution in [2.45, 2.75) is 69.4 Å². The molecule has 3 heteroatoms. The summed E-state index contributed by atoms with van der Waals surface area (Å²) in [5.41, 5.74) is 0.540. The van der Waals surface area contributed by atoms with E-state index in [4.69, 9.17) is 0 Å². The molecule has 4 aliphatic carbocycles. The average molecular weight is 369 g/mol. The number of hydrogen-bond donors (Lipinski definition) is 2. The second-order valence-corrected chi connectivity index (χ2v) is 10.0. The Morgan fingerprint density at radius 2 is 1.82 bits per heavy atom. The minimum atomic E-state index is -0.311. The maximum atomic E-state index is 11.0. The van der Waals surface area contributed by atoms with Crippen LogP contribution in [0.4, 0.5) is 0 Å². The van der Waals surface area contributed by atoms with Crippen molar-refractivity contribution in [2.24, 2.45) is 34.5 Å². The van der Waals surface area contributed by atoms with E-state index in [1.807, 2.05) is 6.08 Å². The van der Waals surface area contributed by atoms with Crippen molar-refractivity contribution in [3.05, 3.63) is 12.2 Å². The van der Waals surface area contributed by atoms with Gasteiger partial charge < -0.3 is 10.2 Å². The summed E-state index contributed by atoms with van der Waals surface area (Å²) < 4.78 is 0. The van der Waals surface area contributed by atoms with Gasteiger partial charge in [0, 0.05) is 4.83 Å². The van der Waals surface area contributed by atoms with Crippen LogP contribution in [0.5, 0.6) is 0 Å². The normalized spacial score (nSPS) is 60.5. The number of alkyl halides is 1.